The highest BCUT2D eigenvalue weighted by Gasteiger charge is 2.32. The molecule has 1 amide bonds. The minimum absolute atomic E-state index is 0.0160. The predicted octanol–water partition coefficient (Wildman–Crippen LogP) is 2.16. The number of likely N-dealkylation sites (tertiary alicyclic amines) is 1. The van der Waals surface area contributed by atoms with Crippen molar-refractivity contribution < 1.29 is 14.1 Å². The Balaban J connectivity index is 2.16. The number of carbonyl (C=O) groups is 1. The van der Waals surface area contributed by atoms with Gasteiger partial charge >= 0.3 is 0 Å². The first-order valence-corrected chi connectivity index (χ1v) is 6.38. The fourth-order valence-corrected chi connectivity index (χ4v) is 2.33. The predicted molar refractivity (Wildman–Crippen MR) is 71.9 cm³/mol. The number of nitro groups is 1. The van der Waals surface area contributed by atoms with Crippen molar-refractivity contribution in [3.8, 4) is 0 Å². The van der Waals surface area contributed by atoms with Crippen LogP contribution in [0.5, 0.6) is 0 Å². The SMILES string of the molecule is CC(C)N1C[C@@H](Nc2ccc(F)cc2[N+](=O)[O-])CC1=O. The average molecular weight is 281 g/mol. The Hall–Kier alpha value is -2.18. The summed E-state index contributed by atoms with van der Waals surface area (Å²) in [5.41, 5.74) is -0.0831. The van der Waals surface area contributed by atoms with Gasteiger partial charge in [-0.2, -0.15) is 0 Å². The van der Waals surface area contributed by atoms with Crippen molar-refractivity contribution in [3.05, 3.63) is 34.1 Å². The average Bonchev–Trinajstić information content (AvgIpc) is 2.72. The Kier molecular flexibility index (Phi) is 3.87. The molecule has 0 radical (unpaired) electrons. The van der Waals surface area contributed by atoms with Gasteiger partial charge in [-0.3, -0.25) is 14.9 Å². The standard InChI is InChI=1S/C13H16FN3O3/c1-8(2)16-7-10(6-13(16)18)15-11-4-3-9(14)5-12(11)17(19)20/h3-5,8,10,15H,6-7H2,1-2H3/t10-/m0/s1. The highest BCUT2D eigenvalue weighted by molar-refractivity contribution is 5.80. The molecule has 0 aromatic heterocycles. The molecule has 1 heterocycles. The van der Waals surface area contributed by atoms with Crippen molar-refractivity contribution in [3.63, 3.8) is 0 Å². The van der Waals surface area contributed by atoms with Crippen molar-refractivity contribution in [1.82, 2.24) is 4.90 Å². The zero-order valence-corrected chi connectivity index (χ0v) is 11.3. The molecule has 1 atom stereocenters. The molecule has 0 unspecified atom stereocenters. The second kappa shape index (κ2) is 5.44. The number of nitrogens with one attached hydrogen (secondary N) is 1. The molecule has 1 saturated heterocycles. The molecule has 7 heteroatoms. The van der Waals surface area contributed by atoms with Gasteiger partial charge in [0.1, 0.15) is 11.5 Å². The first-order valence-electron chi connectivity index (χ1n) is 6.38. The van der Waals surface area contributed by atoms with Gasteiger partial charge < -0.3 is 10.2 Å². The largest absolute Gasteiger partial charge is 0.374 e. The minimum atomic E-state index is -0.659. The molecule has 1 aromatic rings. The lowest BCUT2D eigenvalue weighted by molar-refractivity contribution is -0.384. The third-order valence-electron chi connectivity index (χ3n) is 3.30. The van der Waals surface area contributed by atoms with Gasteiger partial charge in [-0.05, 0) is 26.0 Å². The lowest BCUT2D eigenvalue weighted by atomic mass is 10.2. The van der Waals surface area contributed by atoms with E-state index in [-0.39, 0.29) is 35.8 Å². The first kappa shape index (κ1) is 14.2. The Bertz CT molecular complexity index is 548. The van der Waals surface area contributed by atoms with Gasteiger partial charge in [-0.1, -0.05) is 0 Å². The maximum absolute atomic E-state index is 13.1. The number of halogens is 1. The summed E-state index contributed by atoms with van der Waals surface area (Å²) in [5.74, 6) is -0.643. The van der Waals surface area contributed by atoms with E-state index in [1.165, 1.54) is 6.07 Å². The topological polar surface area (TPSA) is 75.5 Å². The molecule has 1 aliphatic heterocycles. The Morgan fingerprint density at radius 2 is 2.20 bits per heavy atom. The van der Waals surface area contributed by atoms with Crippen molar-refractivity contribution >= 4 is 17.3 Å². The van der Waals surface area contributed by atoms with Crippen LogP contribution in [0.25, 0.3) is 0 Å². The molecule has 0 aliphatic carbocycles. The fourth-order valence-electron chi connectivity index (χ4n) is 2.33. The molecular formula is C13H16FN3O3. The lowest BCUT2D eigenvalue weighted by Gasteiger charge is -2.21. The molecule has 20 heavy (non-hydrogen) atoms. The Labute approximate surface area is 115 Å². The van der Waals surface area contributed by atoms with Crippen molar-refractivity contribution in [2.45, 2.75) is 32.4 Å². The zero-order chi connectivity index (χ0) is 14.9. The molecule has 6 nitrogen and oxygen atoms in total. The van der Waals surface area contributed by atoms with Gasteiger partial charge in [-0.25, -0.2) is 4.39 Å². The molecule has 1 aliphatic rings. The molecule has 108 valence electrons. The van der Waals surface area contributed by atoms with Gasteiger partial charge in [0.2, 0.25) is 5.91 Å². The van der Waals surface area contributed by atoms with Gasteiger partial charge in [0.15, 0.2) is 0 Å². The van der Waals surface area contributed by atoms with E-state index in [1.54, 1.807) is 4.90 Å². The van der Waals surface area contributed by atoms with Crippen LogP contribution in [0.1, 0.15) is 20.3 Å². The number of hydrogen-bond acceptors (Lipinski definition) is 4. The minimum Gasteiger partial charge on any atom is -0.374 e. The quantitative estimate of drug-likeness (QED) is 0.677. The van der Waals surface area contributed by atoms with Crippen molar-refractivity contribution in [1.29, 1.82) is 0 Å². The first-order chi connectivity index (χ1) is 9.38. The number of hydrogen-bond donors (Lipinski definition) is 1. The number of anilines is 1. The summed E-state index contributed by atoms with van der Waals surface area (Å²) >= 11 is 0. The molecule has 2 rings (SSSR count). The van der Waals surface area contributed by atoms with Crippen molar-refractivity contribution in [2.75, 3.05) is 11.9 Å². The van der Waals surface area contributed by atoms with Crippen LogP contribution in [-0.4, -0.2) is 34.4 Å². The number of carbonyl (C=O) groups excluding carboxylic acids is 1. The normalized spacial score (nSPS) is 18.7. The third-order valence-corrected chi connectivity index (χ3v) is 3.30. The summed E-state index contributed by atoms with van der Waals surface area (Å²) in [6.45, 7) is 4.33. The summed E-state index contributed by atoms with van der Waals surface area (Å²) in [6, 6.07) is 3.26. The zero-order valence-electron chi connectivity index (χ0n) is 11.3. The van der Waals surface area contributed by atoms with Crippen molar-refractivity contribution in [2.24, 2.45) is 0 Å². The second-order valence-corrected chi connectivity index (χ2v) is 5.10. The third kappa shape index (κ3) is 2.87. The van der Waals surface area contributed by atoms with E-state index < -0.39 is 10.7 Å². The second-order valence-electron chi connectivity index (χ2n) is 5.10. The van der Waals surface area contributed by atoms with Gasteiger partial charge in [-0.15, -0.1) is 0 Å². The van der Waals surface area contributed by atoms with Crippen LogP contribution in [0.2, 0.25) is 0 Å². The summed E-state index contributed by atoms with van der Waals surface area (Å²) in [7, 11) is 0. The molecule has 1 N–H and O–H groups in total. The summed E-state index contributed by atoms with van der Waals surface area (Å²) in [4.78, 5) is 23.8. The fraction of sp³-hybridized carbons (Fsp3) is 0.462. The Morgan fingerprint density at radius 1 is 1.50 bits per heavy atom. The Morgan fingerprint density at radius 3 is 2.75 bits per heavy atom. The van der Waals surface area contributed by atoms with Crippen LogP contribution in [0, 0.1) is 15.9 Å². The van der Waals surface area contributed by atoms with E-state index in [0.717, 1.165) is 12.1 Å². The summed E-state index contributed by atoms with van der Waals surface area (Å²) < 4.78 is 13.1. The van der Waals surface area contributed by atoms with Gasteiger partial charge in [0, 0.05) is 19.0 Å². The van der Waals surface area contributed by atoms with Crippen LogP contribution >= 0.6 is 0 Å². The van der Waals surface area contributed by atoms with E-state index in [0.29, 0.717) is 6.54 Å². The smallest absolute Gasteiger partial charge is 0.295 e. The molecule has 1 aromatic carbocycles. The van der Waals surface area contributed by atoms with E-state index in [4.69, 9.17) is 0 Å². The van der Waals surface area contributed by atoms with Crippen LogP contribution in [0.15, 0.2) is 18.2 Å². The number of nitrogens with zero attached hydrogens (tertiary/aromatic N) is 2. The molecule has 1 fully saturated rings. The van der Waals surface area contributed by atoms with E-state index in [2.05, 4.69) is 5.32 Å². The van der Waals surface area contributed by atoms with Gasteiger partial charge in [0.05, 0.1) is 17.0 Å². The highest BCUT2D eigenvalue weighted by atomic mass is 19.1. The molecule has 0 bridgehead atoms. The maximum atomic E-state index is 13.1. The van der Waals surface area contributed by atoms with E-state index in [9.17, 15) is 19.3 Å². The van der Waals surface area contributed by atoms with E-state index in [1.807, 2.05) is 13.8 Å². The molecule has 0 saturated carbocycles. The monoisotopic (exact) mass is 281 g/mol. The maximum Gasteiger partial charge on any atom is 0.295 e. The highest BCUT2D eigenvalue weighted by Crippen LogP contribution is 2.27. The molecule has 0 spiro atoms. The number of benzene rings is 1. The number of rotatable bonds is 4. The molecular weight excluding hydrogens is 265 g/mol. The van der Waals surface area contributed by atoms with Crippen LogP contribution in [0.3, 0.4) is 0 Å². The van der Waals surface area contributed by atoms with Crippen LogP contribution in [0.4, 0.5) is 15.8 Å². The lowest BCUT2D eigenvalue weighted by Crippen LogP contribution is -2.33. The van der Waals surface area contributed by atoms with Crippen LogP contribution in [-0.2, 0) is 4.79 Å². The summed E-state index contributed by atoms with van der Waals surface area (Å²) in [6.07, 6.45) is 0.284. The van der Waals surface area contributed by atoms with Gasteiger partial charge in [0.25, 0.3) is 5.69 Å². The summed E-state index contributed by atoms with van der Waals surface area (Å²) in [5, 5.41) is 13.9. The number of amides is 1. The van der Waals surface area contributed by atoms with E-state index >= 15 is 0 Å². The number of nitro benzene ring substituents is 1. The van der Waals surface area contributed by atoms with Crippen LogP contribution < -0.4 is 5.32 Å².